The van der Waals surface area contributed by atoms with Crippen molar-refractivity contribution in [1.82, 2.24) is 5.32 Å². The Morgan fingerprint density at radius 3 is 2.48 bits per heavy atom. The summed E-state index contributed by atoms with van der Waals surface area (Å²) in [5.74, 6) is 0.942. The van der Waals surface area contributed by atoms with Crippen molar-refractivity contribution in [3.8, 4) is 5.75 Å². The van der Waals surface area contributed by atoms with Gasteiger partial charge in [-0.3, -0.25) is 0 Å². The van der Waals surface area contributed by atoms with E-state index in [1.807, 2.05) is 11.8 Å². The second-order valence-corrected chi connectivity index (χ2v) is 7.20. The van der Waals surface area contributed by atoms with Crippen LogP contribution in [0.3, 0.4) is 0 Å². The molecule has 1 aliphatic rings. The molecule has 1 saturated carbocycles. The van der Waals surface area contributed by atoms with E-state index in [2.05, 4.69) is 36.5 Å². The van der Waals surface area contributed by atoms with Gasteiger partial charge in [-0.15, -0.1) is 11.8 Å². The van der Waals surface area contributed by atoms with Crippen molar-refractivity contribution in [2.45, 2.75) is 68.1 Å². The fourth-order valence-corrected chi connectivity index (χ4v) is 4.31. The molecule has 3 heteroatoms. The van der Waals surface area contributed by atoms with Gasteiger partial charge < -0.3 is 10.1 Å². The van der Waals surface area contributed by atoms with Gasteiger partial charge in [0.15, 0.2) is 0 Å². The highest BCUT2D eigenvalue weighted by molar-refractivity contribution is 8.00. The molecule has 0 spiro atoms. The Kier molecular flexibility index (Phi) is 7.45. The zero-order chi connectivity index (χ0) is 14.9. The van der Waals surface area contributed by atoms with Gasteiger partial charge >= 0.3 is 0 Å². The second-order valence-electron chi connectivity index (χ2n) is 5.88. The molecule has 0 bridgehead atoms. The largest absolute Gasteiger partial charge is 0.497 e. The Bertz CT molecular complexity index is 391. The van der Waals surface area contributed by atoms with Crippen LogP contribution in [0.25, 0.3) is 0 Å². The van der Waals surface area contributed by atoms with E-state index in [-0.39, 0.29) is 0 Å². The average Bonchev–Trinajstić information content (AvgIpc) is 2.50. The highest BCUT2D eigenvalue weighted by Gasteiger charge is 2.23. The van der Waals surface area contributed by atoms with E-state index in [0.717, 1.165) is 12.3 Å². The quantitative estimate of drug-likeness (QED) is 0.809. The minimum absolute atomic E-state index is 0.664. The van der Waals surface area contributed by atoms with E-state index >= 15 is 0 Å². The van der Waals surface area contributed by atoms with Crippen molar-refractivity contribution in [1.29, 1.82) is 0 Å². The number of ether oxygens (including phenoxy) is 1. The van der Waals surface area contributed by atoms with Crippen LogP contribution >= 0.6 is 11.8 Å². The molecule has 0 radical (unpaired) electrons. The number of hydrogen-bond donors (Lipinski definition) is 1. The van der Waals surface area contributed by atoms with Crippen LogP contribution in [0.1, 0.15) is 51.9 Å². The molecule has 118 valence electrons. The minimum Gasteiger partial charge on any atom is -0.497 e. The highest BCUT2D eigenvalue weighted by Crippen LogP contribution is 2.33. The Morgan fingerprint density at radius 2 is 1.81 bits per heavy atom. The zero-order valence-corrected chi connectivity index (χ0v) is 14.3. The predicted molar refractivity (Wildman–Crippen MR) is 92.4 cm³/mol. The van der Waals surface area contributed by atoms with Crippen molar-refractivity contribution in [3.63, 3.8) is 0 Å². The lowest BCUT2D eigenvalue weighted by Gasteiger charge is -2.30. The molecule has 2 rings (SSSR count). The third-order valence-electron chi connectivity index (χ3n) is 4.21. The van der Waals surface area contributed by atoms with Gasteiger partial charge in [0, 0.05) is 16.2 Å². The summed E-state index contributed by atoms with van der Waals surface area (Å²) >= 11 is 2.05. The van der Waals surface area contributed by atoms with Crippen LogP contribution in [0.5, 0.6) is 5.75 Å². The Balaban J connectivity index is 1.99. The molecule has 0 aliphatic heterocycles. The lowest BCUT2D eigenvalue weighted by Crippen LogP contribution is -2.39. The SMILES string of the molecule is CCCNC1CCCCCCC1Sc1ccc(OC)cc1. The molecular formula is C18H29NOS. The summed E-state index contributed by atoms with van der Waals surface area (Å²) in [6, 6.07) is 9.19. The number of nitrogens with one attached hydrogen (secondary N) is 1. The molecule has 1 fully saturated rings. The highest BCUT2D eigenvalue weighted by atomic mass is 32.2. The van der Waals surface area contributed by atoms with Crippen molar-refractivity contribution in [2.24, 2.45) is 0 Å². The molecular weight excluding hydrogens is 278 g/mol. The fourth-order valence-electron chi connectivity index (χ4n) is 2.98. The second kappa shape index (κ2) is 9.37. The molecule has 2 unspecified atom stereocenters. The van der Waals surface area contributed by atoms with Gasteiger partial charge in [-0.1, -0.05) is 32.6 Å². The summed E-state index contributed by atoms with van der Waals surface area (Å²) in [5, 5.41) is 4.49. The van der Waals surface area contributed by atoms with Crippen LogP contribution in [0.15, 0.2) is 29.2 Å². The first kappa shape index (κ1) is 16.7. The van der Waals surface area contributed by atoms with Gasteiger partial charge in [0.05, 0.1) is 7.11 Å². The van der Waals surface area contributed by atoms with Crippen molar-refractivity contribution in [3.05, 3.63) is 24.3 Å². The summed E-state index contributed by atoms with van der Waals surface area (Å²) in [6.45, 7) is 3.39. The van der Waals surface area contributed by atoms with E-state index in [4.69, 9.17) is 4.74 Å². The summed E-state index contributed by atoms with van der Waals surface area (Å²) in [7, 11) is 1.72. The Hall–Kier alpha value is -0.670. The molecule has 21 heavy (non-hydrogen) atoms. The maximum absolute atomic E-state index is 5.25. The Morgan fingerprint density at radius 1 is 1.10 bits per heavy atom. The number of benzene rings is 1. The van der Waals surface area contributed by atoms with Crippen molar-refractivity contribution in [2.75, 3.05) is 13.7 Å². The molecule has 1 aromatic rings. The predicted octanol–water partition coefficient (Wildman–Crippen LogP) is 4.88. The summed E-state index contributed by atoms with van der Waals surface area (Å²) in [5.41, 5.74) is 0. The summed E-state index contributed by atoms with van der Waals surface area (Å²) in [6.07, 6.45) is 9.44. The van der Waals surface area contributed by atoms with Crippen molar-refractivity contribution >= 4 is 11.8 Å². The van der Waals surface area contributed by atoms with Gasteiger partial charge in [0.1, 0.15) is 5.75 Å². The number of methoxy groups -OCH3 is 1. The van der Waals surface area contributed by atoms with Gasteiger partial charge in [0.2, 0.25) is 0 Å². The van der Waals surface area contributed by atoms with E-state index < -0.39 is 0 Å². The van der Waals surface area contributed by atoms with Gasteiger partial charge in [-0.2, -0.15) is 0 Å². The summed E-state index contributed by atoms with van der Waals surface area (Å²) in [4.78, 5) is 1.37. The van der Waals surface area contributed by atoms with Crippen LogP contribution in [0.2, 0.25) is 0 Å². The molecule has 1 N–H and O–H groups in total. The van der Waals surface area contributed by atoms with Crippen LogP contribution in [-0.2, 0) is 0 Å². The molecule has 0 amide bonds. The van der Waals surface area contributed by atoms with Gasteiger partial charge in [-0.25, -0.2) is 0 Å². The first-order valence-electron chi connectivity index (χ1n) is 8.37. The third kappa shape index (κ3) is 5.55. The van der Waals surface area contributed by atoms with Crippen LogP contribution < -0.4 is 10.1 Å². The lowest BCUT2D eigenvalue weighted by atomic mass is 9.96. The van der Waals surface area contributed by atoms with Gasteiger partial charge in [-0.05, 0) is 50.1 Å². The smallest absolute Gasteiger partial charge is 0.118 e. The first-order chi connectivity index (χ1) is 10.3. The number of hydrogen-bond acceptors (Lipinski definition) is 3. The Labute approximate surface area is 134 Å². The van der Waals surface area contributed by atoms with E-state index in [9.17, 15) is 0 Å². The first-order valence-corrected chi connectivity index (χ1v) is 9.25. The molecule has 1 aromatic carbocycles. The fraction of sp³-hybridized carbons (Fsp3) is 0.667. The topological polar surface area (TPSA) is 21.3 Å². The number of thioether (sulfide) groups is 1. The maximum Gasteiger partial charge on any atom is 0.118 e. The third-order valence-corrected chi connectivity index (χ3v) is 5.62. The monoisotopic (exact) mass is 307 g/mol. The number of rotatable bonds is 6. The molecule has 0 saturated heterocycles. The lowest BCUT2D eigenvalue weighted by molar-refractivity contribution is 0.400. The zero-order valence-electron chi connectivity index (χ0n) is 13.4. The molecule has 2 nitrogen and oxygen atoms in total. The van der Waals surface area contributed by atoms with E-state index in [0.29, 0.717) is 11.3 Å². The van der Waals surface area contributed by atoms with Crippen LogP contribution in [0.4, 0.5) is 0 Å². The average molecular weight is 308 g/mol. The maximum atomic E-state index is 5.25. The van der Waals surface area contributed by atoms with E-state index in [1.54, 1.807) is 7.11 Å². The normalized spacial score (nSPS) is 23.3. The standard InChI is InChI=1S/C18H29NOS/c1-3-14-19-17-8-6-4-5-7-9-18(17)21-16-12-10-15(20-2)11-13-16/h10-13,17-19H,3-9,14H2,1-2H3. The molecule has 1 aliphatic carbocycles. The molecule has 0 heterocycles. The minimum atomic E-state index is 0.664. The molecule has 2 atom stereocenters. The van der Waals surface area contributed by atoms with Crippen LogP contribution in [-0.4, -0.2) is 24.9 Å². The molecule has 0 aromatic heterocycles. The van der Waals surface area contributed by atoms with Crippen LogP contribution in [0, 0.1) is 0 Å². The summed E-state index contributed by atoms with van der Waals surface area (Å²) < 4.78 is 5.25. The van der Waals surface area contributed by atoms with Gasteiger partial charge in [0.25, 0.3) is 0 Å². The van der Waals surface area contributed by atoms with Crippen molar-refractivity contribution < 1.29 is 4.74 Å². The van der Waals surface area contributed by atoms with E-state index in [1.165, 1.54) is 49.8 Å².